The molecule has 0 heterocycles. The molecule has 3 saturated carbocycles. The predicted octanol–water partition coefficient (Wildman–Crippen LogP) is 1.95. The van der Waals surface area contributed by atoms with Gasteiger partial charge in [0, 0.05) is 0 Å². The molecule has 1 heteroatoms. The zero-order valence-electron chi connectivity index (χ0n) is 6.92. The van der Waals surface area contributed by atoms with Crippen molar-refractivity contribution in [1.29, 1.82) is 0 Å². The molecule has 3 rings (SSSR count). The van der Waals surface area contributed by atoms with Crippen LogP contribution in [0.3, 0.4) is 0 Å². The lowest BCUT2D eigenvalue weighted by Crippen LogP contribution is -2.45. The highest BCUT2D eigenvalue weighted by atomic mass is 16.3. The van der Waals surface area contributed by atoms with Gasteiger partial charge < -0.3 is 5.11 Å². The second-order valence-corrected chi connectivity index (χ2v) is 4.80. The van der Waals surface area contributed by atoms with Crippen LogP contribution in [0.5, 0.6) is 0 Å². The van der Waals surface area contributed by atoms with Gasteiger partial charge in [0.25, 0.3) is 0 Å². The summed E-state index contributed by atoms with van der Waals surface area (Å²) in [5, 5.41) is 9.99. The Morgan fingerprint density at radius 1 is 1.18 bits per heavy atom. The van der Waals surface area contributed by atoms with Crippen molar-refractivity contribution >= 4 is 0 Å². The summed E-state index contributed by atoms with van der Waals surface area (Å²) in [5.41, 5.74) is 0.447. The van der Waals surface area contributed by atoms with Crippen LogP contribution < -0.4 is 0 Å². The fourth-order valence-electron chi connectivity index (χ4n) is 3.83. The van der Waals surface area contributed by atoms with Gasteiger partial charge in [0.2, 0.25) is 0 Å². The maximum absolute atomic E-state index is 9.99. The number of rotatable bonds is 0. The summed E-state index contributed by atoms with van der Waals surface area (Å²) in [7, 11) is 0. The van der Waals surface area contributed by atoms with Crippen molar-refractivity contribution in [3.8, 4) is 0 Å². The van der Waals surface area contributed by atoms with Gasteiger partial charge in [-0.2, -0.15) is 0 Å². The van der Waals surface area contributed by atoms with Gasteiger partial charge in [-0.15, -0.1) is 0 Å². The highest BCUT2D eigenvalue weighted by Gasteiger charge is 2.59. The van der Waals surface area contributed by atoms with Gasteiger partial charge in [0.05, 0.1) is 6.10 Å². The molecule has 3 unspecified atom stereocenters. The molecule has 3 aliphatic carbocycles. The van der Waals surface area contributed by atoms with Crippen LogP contribution in [0.2, 0.25) is 0 Å². The van der Waals surface area contributed by atoms with Crippen LogP contribution in [0.15, 0.2) is 0 Å². The average Bonchev–Trinajstić information content (AvgIpc) is 2.41. The van der Waals surface area contributed by atoms with E-state index in [0.717, 1.165) is 5.92 Å². The Labute approximate surface area is 67.8 Å². The molecule has 1 N–H and O–H groups in total. The summed E-state index contributed by atoms with van der Waals surface area (Å²) in [6.07, 6.45) is 8.21. The first-order valence-electron chi connectivity index (χ1n) is 5.01. The van der Waals surface area contributed by atoms with Crippen LogP contribution in [-0.2, 0) is 0 Å². The van der Waals surface area contributed by atoms with Crippen molar-refractivity contribution in [2.75, 3.05) is 0 Å². The quantitative estimate of drug-likeness (QED) is 0.562. The highest BCUT2D eigenvalue weighted by molar-refractivity contribution is 5.09. The van der Waals surface area contributed by atoms with E-state index in [1.165, 1.54) is 38.5 Å². The highest BCUT2D eigenvalue weighted by Crippen LogP contribution is 2.64. The van der Waals surface area contributed by atoms with E-state index < -0.39 is 0 Å². The van der Waals surface area contributed by atoms with Crippen LogP contribution in [0.25, 0.3) is 0 Å². The average molecular weight is 152 g/mol. The van der Waals surface area contributed by atoms with E-state index in [-0.39, 0.29) is 6.10 Å². The lowest BCUT2D eigenvalue weighted by molar-refractivity contribution is -0.0735. The van der Waals surface area contributed by atoms with E-state index in [9.17, 15) is 5.11 Å². The first-order chi connectivity index (χ1) is 5.33. The Kier molecular flexibility index (Phi) is 1.07. The van der Waals surface area contributed by atoms with Crippen LogP contribution in [0.4, 0.5) is 0 Å². The molecule has 2 bridgehead atoms. The molecule has 0 radical (unpaired) electrons. The summed E-state index contributed by atoms with van der Waals surface area (Å²) in [6, 6.07) is 0. The SMILES string of the molecule is OC1C2CCC(C2)C12CCC2. The van der Waals surface area contributed by atoms with E-state index in [0.29, 0.717) is 11.3 Å². The minimum atomic E-state index is 0.0926. The summed E-state index contributed by atoms with van der Waals surface area (Å²) in [6.45, 7) is 0. The monoisotopic (exact) mass is 152 g/mol. The van der Waals surface area contributed by atoms with Gasteiger partial charge in [-0.25, -0.2) is 0 Å². The van der Waals surface area contributed by atoms with Gasteiger partial charge >= 0.3 is 0 Å². The van der Waals surface area contributed by atoms with E-state index in [1.807, 2.05) is 0 Å². The van der Waals surface area contributed by atoms with Crippen LogP contribution in [-0.4, -0.2) is 11.2 Å². The van der Waals surface area contributed by atoms with Crippen LogP contribution >= 0.6 is 0 Å². The Hall–Kier alpha value is -0.0400. The van der Waals surface area contributed by atoms with Gasteiger partial charge in [-0.1, -0.05) is 6.42 Å². The Balaban J connectivity index is 1.94. The van der Waals surface area contributed by atoms with Gasteiger partial charge in [0.15, 0.2) is 0 Å². The fourth-order valence-corrected chi connectivity index (χ4v) is 3.83. The zero-order chi connectivity index (χ0) is 7.47. The Morgan fingerprint density at radius 3 is 2.36 bits per heavy atom. The minimum absolute atomic E-state index is 0.0926. The first-order valence-corrected chi connectivity index (χ1v) is 5.01. The second kappa shape index (κ2) is 1.82. The van der Waals surface area contributed by atoms with E-state index in [2.05, 4.69) is 0 Å². The third-order valence-electron chi connectivity index (χ3n) is 4.61. The number of hydrogen-bond donors (Lipinski definition) is 1. The lowest BCUT2D eigenvalue weighted by atomic mass is 9.58. The predicted molar refractivity (Wildman–Crippen MR) is 43.1 cm³/mol. The number of hydrogen-bond acceptors (Lipinski definition) is 1. The largest absolute Gasteiger partial charge is 0.392 e. The zero-order valence-corrected chi connectivity index (χ0v) is 6.92. The molecule has 0 aromatic rings. The molecule has 0 amide bonds. The molecule has 11 heavy (non-hydrogen) atoms. The second-order valence-electron chi connectivity index (χ2n) is 4.80. The lowest BCUT2D eigenvalue weighted by Gasteiger charge is -2.48. The number of fused-ring (bicyclic) bond motifs is 3. The van der Waals surface area contributed by atoms with Crippen molar-refractivity contribution in [3.05, 3.63) is 0 Å². The molecule has 3 fully saturated rings. The fraction of sp³-hybridized carbons (Fsp3) is 1.00. The maximum Gasteiger partial charge on any atom is 0.0627 e. The summed E-state index contributed by atoms with van der Waals surface area (Å²) >= 11 is 0. The third kappa shape index (κ3) is 0.581. The summed E-state index contributed by atoms with van der Waals surface area (Å²) in [4.78, 5) is 0. The normalized spacial score (nSPS) is 51.5. The van der Waals surface area contributed by atoms with Gasteiger partial charge in [-0.3, -0.25) is 0 Å². The maximum atomic E-state index is 9.99. The molecule has 0 aromatic carbocycles. The van der Waals surface area contributed by atoms with Crippen molar-refractivity contribution in [2.45, 2.75) is 44.6 Å². The standard InChI is InChI=1S/C10H16O/c11-9-7-2-3-8(6-7)10(9)4-1-5-10/h7-9,11H,1-6H2. The first kappa shape index (κ1) is 6.47. The van der Waals surface area contributed by atoms with Crippen molar-refractivity contribution < 1.29 is 5.11 Å². The molecule has 0 saturated heterocycles. The molecule has 1 nitrogen and oxygen atoms in total. The number of aliphatic hydroxyl groups excluding tert-OH is 1. The van der Waals surface area contributed by atoms with E-state index >= 15 is 0 Å². The molecule has 62 valence electrons. The Morgan fingerprint density at radius 2 is 2.00 bits per heavy atom. The van der Waals surface area contributed by atoms with Crippen molar-refractivity contribution in [2.24, 2.45) is 17.3 Å². The van der Waals surface area contributed by atoms with Gasteiger partial charge in [-0.05, 0) is 49.4 Å². The minimum Gasteiger partial charge on any atom is -0.392 e. The number of aliphatic hydroxyl groups is 1. The summed E-state index contributed by atoms with van der Waals surface area (Å²) in [5.74, 6) is 1.61. The van der Waals surface area contributed by atoms with Crippen LogP contribution in [0.1, 0.15) is 38.5 Å². The molecular weight excluding hydrogens is 136 g/mol. The molecule has 0 aliphatic heterocycles. The molecular formula is C10H16O. The van der Waals surface area contributed by atoms with E-state index in [4.69, 9.17) is 0 Å². The molecule has 3 atom stereocenters. The Bertz CT molecular complexity index is 179. The topological polar surface area (TPSA) is 20.2 Å². The van der Waals surface area contributed by atoms with Gasteiger partial charge in [0.1, 0.15) is 0 Å². The van der Waals surface area contributed by atoms with Crippen molar-refractivity contribution in [1.82, 2.24) is 0 Å². The molecule has 3 aliphatic rings. The molecule has 1 spiro atoms. The van der Waals surface area contributed by atoms with Crippen LogP contribution in [0, 0.1) is 17.3 Å². The van der Waals surface area contributed by atoms with E-state index in [1.54, 1.807) is 0 Å². The van der Waals surface area contributed by atoms with Crippen molar-refractivity contribution in [3.63, 3.8) is 0 Å². The smallest absolute Gasteiger partial charge is 0.0627 e. The third-order valence-corrected chi connectivity index (χ3v) is 4.61. The molecule has 0 aromatic heterocycles. The summed E-state index contributed by atoms with van der Waals surface area (Å²) < 4.78 is 0.